The van der Waals surface area contributed by atoms with Crippen molar-refractivity contribution in [3.63, 3.8) is 0 Å². The molecule has 0 saturated carbocycles. The Kier molecular flexibility index (Phi) is 2.98. The number of hydrogen-bond acceptors (Lipinski definition) is 1. The summed E-state index contributed by atoms with van der Waals surface area (Å²) in [7, 11) is 0. The van der Waals surface area contributed by atoms with Crippen molar-refractivity contribution in [1.82, 2.24) is 0 Å². The maximum Gasteiger partial charge on any atom is 0.417 e. The summed E-state index contributed by atoms with van der Waals surface area (Å²) in [6.45, 7) is 0. The molecule has 0 amide bonds. The molecule has 2 aromatic rings. The highest BCUT2D eigenvalue weighted by Gasteiger charge is 2.32. The lowest BCUT2D eigenvalue weighted by atomic mass is 10.0. The standard InChI is InChI=1S/C13H9F3O2/c14-13(15,16)11-3-1-2-9-6-8(7-12(17)18)4-5-10(9)11/h1-6H,7H2,(H,17,18). The molecular formula is C13H9F3O2. The zero-order chi connectivity index (χ0) is 13.3. The van der Waals surface area contributed by atoms with Crippen LogP contribution in [0.5, 0.6) is 0 Å². The maximum absolute atomic E-state index is 12.7. The fourth-order valence-electron chi connectivity index (χ4n) is 1.86. The van der Waals surface area contributed by atoms with Crippen molar-refractivity contribution < 1.29 is 23.1 Å². The normalized spacial score (nSPS) is 11.7. The van der Waals surface area contributed by atoms with Crippen LogP contribution < -0.4 is 0 Å². The molecule has 0 saturated heterocycles. The van der Waals surface area contributed by atoms with Gasteiger partial charge in [0.2, 0.25) is 0 Å². The minimum Gasteiger partial charge on any atom is -0.481 e. The third kappa shape index (κ3) is 2.45. The van der Waals surface area contributed by atoms with Crippen LogP contribution >= 0.6 is 0 Å². The summed E-state index contributed by atoms with van der Waals surface area (Å²) in [4.78, 5) is 10.6. The van der Waals surface area contributed by atoms with Crippen molar-refractivity contribution in [2.24, 2.45) is 0 Å². The summed E-state index contributed by atoms with van der Waals surface area (Å²) in [5, 5.41) is 9.12. The SMILES string of the molecule is O=C(O)Cc1ccc2c(C(F)(F)F)cccc2c1. The first kappa shape index (κ1) is 12.4. The highest BCUT2D eigenvalue weighted by Crippen LogP contribution is 2.34. The molecule has 5 heteroatoms. The van der Waals surface area contributed by atoms with Gasteiger partial charge < -0.3 is 5.11 Å². The summed E-state index contributed by atoms with van der Waals surface area (Å²) in [5.74, 6) is -1.01. The van der Waals surface area contributed by atoms with Gasteiger partial charge in [0.1, 0.15) is 0 Å². The fourth-order valence-corrected chi connectivity index (χ4v) is 1.86. The van der Waals surface area contributed by atoms with E-state index in [-0.39, 0.29) is 11.8 Å². The molecule has 2 rings (SSSR count). The molecule has 0 unspecified atom stereocenters. The molecule has 0 aliphatic heterocycles. The predicted octanol–water partition coefficient (Wildman–Crippen LogP) is 3.49. The van der Waals surface area contributed by atoms with E-state index < -0.39 is 17.7 Å². The first-order valence-electron chi connectivity index (χ1n) is 5.18. The van der Waals surface area contributed by atoms with Crippen LogP contribution in [0.1, 0.15) is 11.1 Å². The molecule has 0 fully saturated rings. The Hall–Kier alpha value is -2.04. The minimum absolute atomic E-state index is 0.0825. The third-order valence-corrected chi connectivity index (χ3v) is 2.61. The second kappa shape index (κ2) is 4.33. The Labute approximate surface area is 101 Å². The molecule has 0 radical (unpaired) electrons. The third-order valence-electron chi connectivity index (χ3n) is 2.61. The van der Waals surface area contributed by atoms with Crippen LogP contribution in [0.3, 0.4) is 0 Å². The summed E-state index contributed by atoms with van der Waals surface area (Å²) >= 11 is 0. The molecule has 0 spiro atoms. The van der Waals surface area contributed by atoms with Gasteiger partial charge in [-0.3, -0.25) is 4.79 Å². The Morgan fingerprint density at radius 1 is 1.17 bits per heavy atom. The molecule has 1 N–H and O–H groups in total. The molecule has 0 aromatic heterocycles. The van der Waals surface area contributed by atoms with Crippen molar-refractivity contribution in [1.29, 1.82) is 0 Å². The summed E-state index contributed by atoms with van der Waals surface area (Å²) < 4.78 is 38.2. The molecule has 0 bridgehead atoms. The zero-order valence-corrected chi connectivity index (χ0v) is 9.16. The van der Waals surface area contributed by atoms with Gasteiger partial charge in [-0.05, 0) is 22.4 Å². The first-order chi connectivity index (χ1) is 8.38. The molecule has 0 heterocycles. The molecule has 2 aromatic carbocycles. The average Bonchev–Trinajstić information content (AvgIpc) is 2.25. The van der Waals surface area contributed by atoms with Crippen LogP contribution in [-0.2, 0) is 17.4 Å². The van der Waals surface area contributed by atoms with Crippen LogP contribution in [0.25, 0.3) is 10.8 Å². The highest BCUT2D eigenvalue weighted by atomic mass is 19.4. The number of alkyl halides is 3. The van der Waals surface area contributed by atoms with Gasteiger partial charge in [0.05, 0.1) is 12.0 Å². The molecule has 18 heavy (non-hydrogen) atoms. The molecule has 0 atom stereocenters. The van der Waals surface area contributed by atoms with E-state index in [2.05, 4.69) is 0 Å². The van der Waals surface area contributed by atoms with Crippen molar-refractivity contribution in [2.45, 2.75) is 12.6 Å². The number of benzene rings is 2. The van der Waals surface area contributed by atoms with Crippen LogP contribution in [0.2, 0.25) is 0 Å². The molecule has 2 nitrogen and oxygen atoms in total. The van der Waals surface area contributed by atoms with Gasteiger partial charge >= 0.3 is 12.1 Å². The van der Waals surface area contributed by atoms with E-state index in [0.29, 0.717) is 10.9 Å². The van der Waals surface area contributed by atoms with Gasteiger partial charge in [0.25, 0.3) is 0 Å². The first-order valence-corrected chi connectivity index (χ1v) is 5.18. The molecular weight excluding hydrogens is 245 g/mol. The van der Waals surface area contributed by atoms with Crippen LogP contribution in [0.15, 0.2) is 36.4 Å². The summed E-state index contributed by atoms with van der Waals surface area (Å²) in [5.41, 5.74) is -0.226. The van der Waals surface area contributed by atoms with Gasteiger partial charge in [-0.2, -0.15) is 13.2 Å². The van der Waals surface area contributed by atoms with Crippen molar-refractivity contribution in [3.8, 4) is 0 Å². The Morgan fingerprint density at radius 3 is 2.50 bits per heavy atom. The van der Waals surface area contributed by atoms with Gasteiger partial charge in [0, 0.05) is 0 Å². The Bertz CT molecular complexity index is 603. The smallest absolute Gasteiger partial charge is 0.417 e. The Morgan fingerprint density at radius 2 is 1.89 bits per heavy atom. The van der Waals surface area contributed by atoms with Crippen LogP contribution in [0.4, 0.5) is 13.2 Å². The van der Waals surface area contributed by atoms with Crippen LogP contribution in [0, 0.1) is 0 Å². The monoisotopic (exact) mass is 254 g/mol. The van der Waals surface area contributed by atoms with E-state index in [1.165, 1.54) is 30.3 Å². The number of hydrogen-bond donors (Lipinski definition) is 1. The number of fused-ring (bicyclic) bond motifs is 1. The average molecular weight is 254 g/mol. The van der Waals surface area contributed by atoms with Gasteiger partial charge in [0.15, 0.2) is 0 Å². The number of carboxylic acids is 1. The molecule has 94 valence electrons. The quantitative estimate of drug-likeness (QED) is 0.890. The number of carboxylic acid groups (broad SMARTS) is 1. The Balaban J connectivity index is 2.57. The zero-order valence-electron chi connectivity index (χ0n) is 9.16. The van der Waals surface area contributed by atoms with E-state index >= 15 is 0 Å². The van der Waals surface area contributed by atoms with Gasteiger partial charge in [-0.1, -0.05) is 30.3 Å². The van der Waals surface area contributed by atoms with Gasteiger partial charge in [-0.25, -0.2) is 0 Å². The number of aliphatic carboxylic acids is 1. The van der Waals surface area contributed by atoms with E-state index in [1.807, 2.05) is 0 Å². The number of carbonyl (C=O) groups is 1. The highest BCUT2D eigenvalue weighted by molar-refractivity contribution is 5.87. The number of halogens is 3. The molecule has 0 aliphatic carbocycles. The van der Waals surface area contributed by atoms with E-state index in [4.69, 9.17) is 5.11 Å². The largest absolute Gasteiger partial charge is 0.481 e. The fraction of sp³-hybridized carbons (Fsp3) is 0.154. The van der Waals surface area contributed by atoms with Crippen molar-refractivity contribution in [3.05, 3.63) is 47.5 Å². The predicted molar refractivity (Wildman–Crippen MR) is 60.3 cm³/mol. The summed E-state index contributed by atoms with van der Waals surface area (Å²) in [6.07, 6.45) is -4.61. The van der Waals surface area contributed by atoms with E-state index in [9.17, 15) is 18.0 Å². The summed E-state index contributed by atoms with van der Waals surface area (Å²) in [6, 6.07) is 8.06. The van der Waals surface area contributed by atoms with Gasteiger partial charge in [-0.15, -0.1) is 0 Å². The number of rotatable bonds is 2. The van der Waals surface area contributed by atoms with Crippen LogP contribution in [-0.4, -0.2) is 11.1 Å². The lowest BCUT2D eigenvalue weighted by Gasteiger charge is -2.10. The van der Waals surface area contributed by atoms with Crippen molar-refractivity contribution in [2.75, 3.05) is 0 Å². The topological polar surface area (TPSA) is 37.3 Å². The minimum atomic E-state index is -4.41. The van der Waals surface area contributed by atoms with E-state index in [1.54, 1.807) is 0 Å². The lowest BCUT2D eigenvalue weighted by molar-refractivity contribution is -0.137. The second-order valence-electron chi connectivity index (χ2n) is 3.93. The molecule has 0 aliphatic rings. The lowest BCUT2D eigenvalue weighted by Crippen LogP contribution is -2.06. The maximum atomic E-state index is 12.7. The second-order valence-corrected chi connectivity index (χ2v) is 3.93. The van der Waals surface area contributed by atoms with Crippen molar-refractivity contribution >= 4 is 16.7 Å². The van der Waals surface area contributed by atoms with E-state index in [0.717, 1.165) is 6.07 Å².